The molecule has 0 aromatic carbocycles. The van der Waals surface area contributed by atoms with Gasteiger partial charge in [0.25, 0.3) is 0 Å². The Kier molecular flexibility index (Phi) is 4.14. The van der Waals surface area contributed by atoms with Crippen molar-refractivity contribution in [2.75, 3.05) is 6.54 Å². The third-order valence-corrected chi connectivity index (χ3v) is 2.02. The number of rotatable bonds is 5. The number of hydrogen-bond donors (Lipinski definition) is 1. The summed E-state index contributed by atoms with van der Waals surface area (Å²) >= 11 is 0. The van der Waals surface area contributed by atoms with Crippen LogP contribution in [0, 0.1) is 0 Å². The van der Waals surface area contributed by atoms with Gasteiger partial charge in [0.2, 0.25) is 0 Å². The molecular weight excluding hydrogens is 207 g/mol. The van der Waals surface area contributed by atoms with Gasteiger partial charge >= 0.3 is 6.18 Å². The van der Waals surface area contributed by atoms with Gasteiger partial charge in [-0.15, -0.1) is 0 Å². The first kappa shape index (κ1) is 12.0. The predicted octanol–water partition coefficient (Wildman–Crippen LogP) is 1.85. The largest absolute Gasteiger partial charge is 0.389 e. The predicted molar refractivity (Wildman–Crippen MR) is 50.2 cm³/mol. The number of halogens is 3. The minimum absolute atomic E-state index is 0.105. The zero-order chi connectivity index (χ0) is 11.3. The minimum atomic E-state index is -4.05. The second-order valence-electron chi connectivity index (χ2n) is 3.35. The first-order valence-electron chi connectivity index (χ1n) is 4.73. The van der Waals surface area contributed by atoms with Gasteiger partial charge in [-0.25, -0.2) is 4.98 Å². The zero-order valence-electron chi connectivity index (χ0n) is 8.51. The standard InChI is InChI=1S/C9H14F3N3/c1-15-6-5-14-8(15)7-13-4-2-3-9(10,11)12/h5-6,13H,2-4,7H2,1H3. The van der Waals surface area contributed by atoms with E-state index in [4.69, 9.17) is 0 Å². The van der Waals surface area contributed by atoms with Crippen LogP contribution in [0.1, 0.15) is 18.7 Å². The van der Waals surface area contributed by atoms with Crippen LogP contribution in [0.3, 0.4) is 0 Å². The van der Waals surface area contributed by atoms with Crippen LogP contribution >= 0.6 is 0 Å². The summed E-state index contributed by atoms with van der Waals surface area (Å²) in [6.45, 7) is 0.855. The van der Waals surface area contributed by atoms with Crippen molar-refractivity contribution >= 4 is 0 Å². The monoisotopic (exact) mass is 221 g/mol. The summed E-state index contributed by atoms with van der Waals surface area (Å²) in [5.41, 5.74) is 0. The van der Waals surface area contributed by atoms with Gasteiger partial charge in [0.05, 0.1) is 6.54 Å². The van der Waals surface area contributed by atoms with Crippen molar-refractivity contribution in [3.05, 3.63) is 18.2 Å². The maximum atomic E-state index is 11.8. The summed E-state index contributed by atoms with van der Waals surface area (Å²) in [7, 11) is 1.85. The Labute approximate surface area is 86.3 Å². The quantitative estimate of drug-likeness (QED) is 0.769. The first-order valence-corrected chi connectivity index (χ1v) is 4.73. The minimum Gasteiger partial charge on any atom is -0.337 e. The SMILES string of the molecule is Cn1ccnc1CNCCCC(F)(F)F. The van der Waals surface area contributed by atoms with Crippen LogP contribution in [-0.4, -0.2) is 22.3 Å². The second-order valence-corrected chi connectivity index (χ2v) is 3.35. The van der Waals surface area contributed by atoms with Gasteiger partial charge in [-0.1, -0.05) is 0 Å². The van der Waals surface area contributed by atoms with Crippen LogP contribution in [0.4, 0.5) is 13.2 Å². The van der Waals surface area contributed by atoms with E-state index >= 15 is 0 Å². The van der Waals surface area contributed by atoms with E-state index in [9.17, 15) is 13.2 Å². The van der Waals surface area contributed by atoms with E-state index in [1.807, 2.05) is 11.6 Å². The highest BCUT2D eigenvalue weighted by molar-refractivity contribution is 4.90. The van der Waals surface area contributed by atoms with Crippen molar-refractivity contribution in [1.29, 1.82) is 0 Å². The van der Waals surface area contributed by atoms with Crippen molar-refractivity contribution in [2.24, 2.45) is 7.05 Å². The molecule has 1 aromatic rings. The summed E-state index contributed by atoms with van der Waals surface area (Å²) in [5, 5.41) is 2.92. The molecule has 1 heterocycles. The van der Waals surface area contributed by atoms with Gasteiger partial charge in [0, 0.05) is 25.9 Å². The van der Waals surface area contributed by atoms with E-state index in [-0.39, 0.29) is 6.42 Å². The van der Waals surface area contributed by atoms with Crippen molar-refractivity contribution in [1.82, 2.24) is 14.9 Å². The Morgan fingerprint density at radius 2 is 2.20 bits per heavy atom. The van der Waals surface area contributed by atoms with Crippen LogP contribution in [0.5, 0.6) is 0 Å². The Hall–Kier alpha value is -1.04. The molecule has 6 heteroatoms. The number of imidazole rings is 1. The number of aromatic nitrogens is 2. The molecule has 0 radical (unpaired) electrons. The molecule has 0 fully saturated rings. The number of nitrogens with one attached hydrogen (secondary N) is 1. The molecule has 0 bridgehead atoms. The Morgan fingerprint density at radius 1 is 1.47 bits per heavy atom. The molecule has 0 saturated heterocycles. The fraction of sp³-hybridized carbons (Fsp3) is 0.667. The normalized spacial score (nSPS) is 12.0. The van der Waals surface area contributed by atoms with Crippen LogP contribution in [0.2, 0.25) is 0 Å². The van der Waals surface area contributed by atoms with Crippen LogP contribution in [-0.2, 0) is 13.6 Å². The lowest BCUT2D eigenvalue weighted by molar-refractivity contribution is -0.135. The lowest BCUT2D eigenvalue weighted by atomic mass is 10.3. The molecule has 0 unspecified atom stereocenters. The second kappa shape index (κ2) is 5.16. The summed E-state index contributed by atoms with van der Waals surface area (Å²) in [4.78, 5) is 4.04. The number of hydrogen-bond acceptors (Lipinski definition) is 2. The molecular formula is C9H14F3N3. The van der Waals surface area contributed by atoms with Crippen LogP contribution in [0.15, 0.2) is 12.4 Å². The van der Waals surface area contributed by atoms with E-state index < -0.39 is 12.6 Å². The maximum absolute atomic E-state index is 11.8. The highest BCUT2D eigenvalue weighted by Crippen LogP contribution is 2.20. The smallest absolute Gasteiger partial charge is 0.337 e. The van der Waals surface area contributed by atoms with E-state index in [1.165, 1.54) is 0 Å². The molecule has 1 N–H and O–H groups in total. The van der Waals surface area contributed by atoms with Crippen LogP contribution in [0.25, 0.3) is 0 Å². The van der Waals surface area contributed by atoms with Crippen molar-refractivity contribution in [3.63, 3.8) is 0 Å². The molecule has 1 rings (SSSR count). The van der Waals surface area contributed by atoms with E-state index in [0.717, 1.165) is 5.82 Å². The first-order chi connectivity index (χ1) is 6.99. The molecule has 3 nitrogen and oxygen atoms in total. The molecule has 15 heavy (non-hydrogen) atoms. The van der Waals surface area contributed by atoms with E-state index in [2.05, 4.69) is 10.3 Å². The topological polar surface area (TPSA) is 29.9 Å². The van der Waals surface area contributed by atoms with E-state index in [1.54, 1.807) is 12.4 Å². The molecule has 0 atom stereocenters. The Balaban J connectivity index is 2.10. The zero-order valence-corrected chi connectivity index (χ0v) is 8.51. The summed E-state index contributed by atoms with van der Waals surface area (Å²) in [5.74, 6) is 0.821. The van der Waals surface area contributed by atoms with Crippen LogP contribution < -0.4 is 5.32 Å². The average molecular weight is 221 g/mol. The van der Waals surface area contributed by atoms with Crippen molar-refractivity contribution < 1.29 is 13.2 Å². The number of aryl methyl sites for hydroxylation is 1. The molecule has 0 aliphatic carbocycles. The molecule has 86 valence electrons. The van der Waals surface area contributed by atoms with Crippen molar-refractivity contribution in [3.8, 4) is 0 Å². The molecule has 0 aliphatic heterocycles. The summed E-state index contributed by atoms with van der Waals surface area (Å²) < 4.78 is 37.2. The third kappa shape index (κ3) is 4.83. The molecule has 0 amide bonds. The van der Waals surface area contributed by atoms with Gasteiger partial charge < -0.3 is 9.88 Å². The van der Waals surface area contributed by atoms with Gasteiger partial charge in [-0.2, -0.15) is 13.2 Å². The Bertz CT molecular complexity index is 293. The number of alkyl halides is 3. The number of nitrogens with zero attached hydrogens (tertiary/aromatic N) is 2. The van der Waals surface area contributed by atoms with E-state index in [0.29, 0.717) is 13.1 Å². The highest BCUT2D eigenvalue weighted by Gasteiger charge is 2.25. The lowest BCUT2D eigenvalue weighted by Gasteiger charge is -2.07. The average Bonchev–Trinajstić information content (AvgIpc) is 2.49. The summed E-state index contributed by atoms with van der Waals surface area (Å²) in [6, 6.07) is 0. The van der Waals surface area contributed by atoms with Gasteiger partial charge in [0.1, 0.15) is 5.82 Å². The maximum Gasteiger partial charge on any atom is 0.389 e. The fourth-order valence-electron chi connectivity index (χ4n) is 1.18. The molecule has 0 spiro atoms. The molecule has 1 aromatic heterocycles. The molecule has 0 saturated carbocycles. The van der Waals surface area contributed by atoms with Crippen molar-refractivity contribution in [2.45, 2.75) is 25.6 Å². The molecule has 0 aliphatic rings. The summed E-state index contributed by atoms with van der Waals surface area (Å²) in [6.07, 6.45) is -1.22. The Morgan fingerprint density at radius 3 is 2.73 bits per heavy atom. The fourth-order valence-corrected chi connectivity index (χ4v) is 1.18. The highest BCUT2D eigenvalue weighted by atomic mass is 19.4. The third-order valence-electron chi connectivity index (χ3n) is 2.02. The lowest BCUT2D eigenvalue weighted by Crippen LogP contribution is -2.19. The van der Waals surface area contributed by atoms with Gasteiger partial charge in [-0.3, -0.25) is 0 Å². The van der Waals surface area contributed by atoms with Gasteiger partial charge in [0.15, 0.2) is 0 Å². The van der Waals surface area contributed by atoms with Gasteiger partial charge in [-0.05, 0) is 13.0 Å².